The maximum absolute atomic E-state index is 13.3. The molecule has 0 aliphatic heterocycles. The predicted molar refractivity (Wildman–Crippen MR) is 109 cm³/mol. The molecule has 5 heteroatoms. The molecule has 0 heterocycles. The van der Waals surface area contributed by atoms with Gasteiger partial charge in [0, 0.05) is 23.3 Å². The van der Waals surface area contributed by atoms with Gasteiger partial charge < -0.3 is 10.2 Å². The lowest BCUT2D eigenvalue weighted by atomic mass is 10.0. The first-order valence-electron chi connectivity index (χ1n) is 9.26. The van der Waals surface area contributed by atoms with Crippen LogP contribution in [0.15, 0.2) is 48.5 Å². The summed E-state index contributed by atoms with van der Waals surface area (Å²) < 4.78 is 0. The van der Waals surface area contributed by atoms with Crippen LogP contribution < -0.4 is 5.32 Å². The molecule has 1 N–H and O–H groups in total. The lowest BCUT2D eigenvalue weighted by Gasteiger charge is -2.30. The molecule has 1 saturated carbocycles. The van der Waals surface area contributed by atoms with E-state index < -0.39 is 5.41 Å². The summed E-state index contributed by atoms with van der Waals surface area (Å²) in [6, 6.07) is 15.2. The summed E-state index contributed by atoms with van der Waals surface area (Å²) in [5.41, 5.74) is 1.67. The van der Waals surface area contributed by atoms with Crippen molar-refractivity contribution in [2.24, 2.45) is 5.41 Å². The number of carbonyl (C=O) groups excluding carboxylic acids is 2. The summed E-state index contributed by atoms with van der Waals surface area (Å²) in [7, 11) is 0. The third-order valence-corrected chi connectivity index (χ3v) is 5.36. The fourth-order valence-corrected chi connectivity index (χ4v) is 3.35. The topological polar surface area (TPSA) is 49.4 Å². The van der Waals surface area contributed by atoms with Crippen molar-refractivity contribution in [2.75, 3.05) is 5.32 Å². The molecule has 2 amide bonds. The van der Waals surface area contributed by atoms with Crippen molar-refractivity contribution >= 4 is 29.1 Å². The van der Waals surface area contributed by atoms with Crippen molar-refractivity contribution in [3.63, 3.8) is 0 Å². The minimum Gasteiger partial charge on any atom is -0.335 e. The van der Waals surface area contributed by atoms with Crippen LogP contribution in [0.2, 0.25) is 5.02 Å². The fourth-order valence-electron chi connectivity index (χ4n) is 3.18. The van der Waals surface area contributed by atoms with E-state index in [2.05, 4.69) is 5.32 Å². The summed E-state index contributed by atoms with van der Waals surface area (Å²) in [4.78, 5) is 28.1. The van der Waals surface area contributed by atoms with Gasteiger partial charge in [-0.2, -0.15) is 0 Å². The molecule has 0 atom stereocenters. The van der Waals surface area contributed by atoms with E-state index in [9.17, 15) is 9.59 Å². The Morgan fingerprint density at radius 1 is 1.15 bits per heavy atom. The van der Waals surface area contributed by atoms with E-state index in [0.717, 1.165) is 11.1 Å². The van der Waals surface area contributed by atoms with Crippen LogP contribution in [0, 0.1) is 12.3 Å². The summed E-state index contributed by atoms with van der Waals surface area (Å²) >= 11 is 6.05. The number of rotatable bonds is 6. The fraction of sp³-hybridized carbons (Fsp3) is 0.364. The quantitative estimate of drug-likeness (QED) is 0.727. The highest BCUT2D eigenvalue weighted by Gasteiger charge is 2.58. The Hall–Kier alpha value is -2.33. The average molecular weight is 385 g/mol. The number of hydrogen-bond acceptors (Lipinski definition) is 2. The van der Waals surface area contributed by atoms with Crippen LogP contribution in [-0.4, -0.2) is 22.8 Å². The molecule has 0 spiro atoms. The highest BCUT2D eigenvalue weighted by Crippen LogP contribution is 2.49. The first kappa shape index (κ1) is 19.4. The number of anilines is 1. The number of benzene rings is 2. The zero-order valence-electron chi connectivity index (χ0n) is 16.0. The van der Waals surface area contributed by atoms with Gasteiger partial charge in [-0.1, -0.05) is 48.0 Å². The Balaban J connectivity index is 1.79. The molecule has 3 rings (SSSR count). The lowest BCUT2D eigenvalue weighted by molar-refractivity contribution is -0.144. The number of amides is 2. The molecular formula is C22H25ClN2O2. The number of nitrogens with zero attached hydrogens (tertiary/aromatic N) is 1. The van der Waals surface area contributed by atoms with Crippen molar-refractivity contribution in [3.05, 3.63) is 64.7 Å². The van der Waals surface area contributed by atoms with Gasteiger partial charge >= 0.3 is 0 Å². The molecule has 0 aromatic heterocycles. The summed E-state index contributed by atoms with van der Waals surface area (Å²) in [6.07, 6.45) is 1.16. The SMILES string of the molecule is Cc1ccc(Cl)cc1NC(=O)C1(C(=O)N(Cc2ccccc2)C(C)C)CC1. The van der Waals surface area contributed by atoms with Crippen molar-refractivity contribution in [3.8, 4) is 0 Å². The van der Waals surface area contributed by atoms with Crippen LogP contribution in [0.4, 0.5) is 5.69 Å². The first-order chi connectivity index (χ1) is 12.8. The molecule has 0 radical (unpaired) electrons. The first-order valence-corrected chi connectivity index (χ1v) is 9.64. The predicted octanol–water partition coefficient (Wildman–Crippen LogP) is 4.80. The van der Waals surface area contributed by atoms with E-state index in [0.29, 0.717) is 30.1 Å². The Kier molecular flexibility index (Phi) is 5.56. The molecule has 0 saturated heterocycles. The van der Waals surface area contributed by atoms with E-state index in [4.69, 9.17) is 11.6 Å². The lowest BCUT2D eigenvalue weighted by Crippen LogP contribution is -2.45. The molecule has 0 bridgehead atoms. The third kappa shape index (κ3) is 4.16. The minimum atomic E-state index is -0.964. The molecule has 2 aromatic rings. The minimum absolute atomic E-state index is 0.0101. The van der Waals surface area contributed by atoms with Gasteiger partial charge in [-0.3, -0.25) is 9.59 Å². The van der Waals surface area contributed by atoms with Crippen LogP contribution in [0.3, 0.4) is 0 Å². The van der Waals surface area contributed by atoms with Gasteiger partial charge in [-0.25, -0.2) is 0 Å². The smallest absolute Gasteiger partial charge is 0.240 e. The highest BCUT2D eigenvalue weighted by atomic mass is 35.5. The maximum atomic E-state index is 13.3. The monoisotopic (exact) mass is 384 g/mol. The van der Waals surface area contributed by atoms with Crippen molar-refractivity contribution < 1.29 is 9.59 Å². The summed E-state index contributed by atoms with van der Waals surface area (Å²) in [5.74, 6) is -0.338. The normalized spacial score (nSPS) is 14.7. The molecule has 2 aromatic carbocycles. The number of aryl methyl sites for hydroxylation is 1. The molecular weight excluding hydrogens is 360 g/mol. The third-order valence-electron chi connectivity index (χ3n) is 5.12. The number of halogens is 1. The Bertz CT molecular complexity index is 845. The molecule has 1 fully saturated rings. The zero-order valence-corrected chi connectivity index (χ0v) is 16.7. The van der Waals surface area contributed by atoms with Crippen LogP contribution >= 0.6 is 11.6 Å². The van der Waals surface area contributed by atoms with Gasteiger partial charge in [0.25, 0.3) is 0 Å². The van der Waals surface area contributed by atoms with E-state index >= 15 is 0 Å². The zero-order chi connectivity index (χ0) is 19.6. The van der Waals surface area contributed by atoms with Gasteiger partial charge in [-0.05, 0) is 56.9 Å². The number of nitrogens with one attached hydrogen (secondary N) is 1. The van der Waals surface area contributed by atoms with Gasteiger partial charge in [0.2, 0.25) is 11.8 Å². The van der Waals surface area contributed by atoms with Crippen LogP contribution in [0.5, 0.6) is 0 Å². The van der Waals surface area contributed by atoms with E-state index in [-0.39, 0.29) is 17.9 Å². The highest BCUT2D eigenvalue weighted by molar-refractivity contribution is 6.31. The second-order valence-corrected chi connectivity index (χ2v) is 7.94. The molecule has 142 valence electrons. The molecule has 0 unspecified atom stereocenters. The van der Waals surface area contributed by atoms with E-state index in [1.54, 1.807) is 17.0 Å². The molecule has 27 heavy (non-hydrogen) atoms. The van der Waals surface area contributed by atoms with Gasteiger partial charge in [0.05, 0.1) is 0 Å². The Morgan fingerprint density at radius 2 is 1.81 bits per heavy atom. The molecule has 1 aliphatic rings. The second kappa shape index (κ2) is 7.73. The van der Waals surface area contributed by atoms with E-state index in [1.807, 2.05) is 57.2 Å². The van der Waals surface area contributed by atoms with Gasteiger partial charge in [0.1, 0.15) is 5.41 Å². The van der Waals surface area contributed by atoms with Crippen LogP contribution in [0.1, 0.15) is 37.8 Å². The standard InChI is InChI=1S/C22H25ClN2O2/c1-15(2)25(14-17-7-5-4-6-8-17)21(27)22(11-12-22)20(26)24-19-13-18(23)10-9-16(19)3/h4-10,13,15H,11-12,14H2,1-3H3,(H,24,26). The van der Waals surface area contributed by atoms with Gasteiger partial charge in [0.15, 0.2) is 0 Å². The Labute approximate surface area is 165 Å². The second-order valence-electron chi connectivity index (χ2n) is 7.51. The van der Waals surface area contributed by atoms with Crippen molar-refractivity contribution in [2.45, 2.75) is 46.2 Å². The van der Waals surface area contributed by atoms with E-state index in [1.165, 1.54) is 0 Å². The van der Waals surface area contributed by atoms with Crippen molar-refractivity contribution in [1.82, 2.24) is 4.90 Å². The van der Waals surface area contributed by atoms with Crippen LogP contribution in [-0.2, 0) is 16.1 Å². The molecule has 4 nitrogen and oxygen atoms in total. The van der Waals surface area contributed by atoms with Gasteiger partial charge in [-0.15, -0.1) is 0 Å². The summed E-state index contributed by atoms with van der Waals surface area (Å²) in [5, 5.41) is 3.48. The van der Waals surface area contributed by atoms with Crippen LogP contribution in [0.25, 0.3) is 0 Å². The average Bonchev–Trinajstić information content (AvgIpc) is 3.45. The number of carbonyl (C=O) groups is 2. The number of hydrogen-bond donors (Lipinski definition) is 1. The summed E-state index contributed by atoms with van der Waals surface area (Å²) in [6.45, 7) is 6.37. The largest absolute Gasteiger partial charge is 0.335 e. The maximum Gasteiger partial charge on any atom is 0.240 e. The Morgan fingerprint density at radius 3 is 2.41 bits per heavy atom. The molecule has 1 aliphatic carbocycles. The van der Waals surface area contributed by atoms with Crippen molar-refractivity contribution in [1.29, 1.82) is 0 Å².